The van der Waals surface area contributed by atoms with Gasteiger partial charge in [-0.3, -0.25) is 0 Å². The van der Waals surface area contributed by atoms with Gasteiger partial charge in [0, 0.05) is 18.2 Å². The first kappa shape index (κ1) is 18.2. The Labute approximate surface area is 168 Å². The van der Waals surface area contributed by atoms with E-state index < -0.39 is 5.54 Å². The second kappa shape index (κ2) is 7.21. The summed E-state index contributed by atoms with van der Waals surface area (Å²) in [5.41, 5.74) is 2.65. The van der Waals surface area contributed by atoms with Crippen molar-refractivity contribution in [3.63, 3.8) is 0 Å². The van der Waals surface area contributed by atoms with Crippen molar-refractivity contribution in [2.24, 2.45) is 0 Å². The second-order valence-corrected chi connectivity index (χ2v) is 8.49. The van der Waals surface area contributed by atoms with E-state index in [1.807, 2.05) is 0 Å². The van der Waals surface area contributed by atoms with Gasteiger partial charge < -0.3 is 25.1 Å². The molecule has 3 N–H and O–H groups in total. The number of rotatable bonds is 3. The molecule has 8 heteroatoms. The second-order valence-electron chi connectivity index (χ2n) is 8.08. The Morgan fingerprint density at radius 1 is 1.29 bits per heavy atom. The number of nitrogens with one attached hydrogen (secondary N) is 3. The highest BCUT2D eigenvalue weighted by atomic mass is 35.5. The van der Waals surface area contributed by atoms with Gasteiger partial charge >= 0.3 is 6.03 Å². The van der Waals surface area contributed by atoms with Crippen LogP contribution < -0.4 is 16.0 Å². The van der Waals surface area contributed by atoms with Gasteiger partial charge in [-0.05, 0) is 31.7 Å². The largest absolute Gasteiger partial charge is 0.439 e. The lowest BCUT2D eigenvalue weighted by Crippen LogP contribution is -2.52. The Kier molecular flexibility index (Phi) is 4.69. The number of carbonyl (C=O) groups is 1. The molecular weight excluding hydrogens is 380 g/mol. The number of ether oxygens (including phenoxy) is 1. The zero-order valence-electron chi connectivity index (χ0n) is 15.8. The number of benzene rings is 1. The highest BCUT2D eigenvalue weighted by Gasteiger charge is 2.44. The third kappa shape index (κ3) is 3.15. The highest BCUT2D eigenvalue weighted by Crippen LogP contribution is 2.48. The molecule has 0 radical (unpaired) electrons. The van der Waals surface area contributed by atoms with Gasteiger partial charge in [-0.1, -0.05) is 30.9 Å². The summed E-state index contributed by atoms with van der Waals surface area (Å²) >= 11 is 6.54. The van der Waals surface area contributed by atoms with Crippen LogP contribution in [0.15, 0.2) is 10.5 Å². The van der Waals surface area contributed by atoms with Crippen molar-refractivity contribution in [3.05, 3.63) is 22.5 Å². The van der Waals surface area contributed by atoms with Crippen molar-refractivity contribution in [2.75, 3.05) is 18.5 Å². The number of carbonyl (C=O) groups excluding carboxylic acids is 1. The van der Waals surface area contributed by atoms with Crippen molar-refractivity contribution < 1.29 is 13.9 Å². The zero-order valence-corrected chi connectivity index (χ0v) is 16.5. The smallest absolute Gasteiger partial charge is 0.319 e. The van der Waals surface area contributed by atoms with Gasteiger partial charge in [0.05, 0.1) is 29.4 Å². The molecule has 2 fully saturated rings. The number of hydrogen-bond donors (Lipinski definition) is 3. The van der Waals surface area contributed by atoms with Crippen LogP contribution in [-0.2, 0) is 16.8 Å². The summed E-state index contributed by atoms with van der Waals surface area (Å²) in [5, 5.41) is 10.0. The molecule has 1 unspecified atom stereocenters. The maximum atomic E-state index is 12.3. The number of urea groups is 1. The number of nitrogens with zero attached hydrogens (tertiary/aromatic N) is 1. The van der Waals surface area contributed by atoms with Gasteiger partial charge in [-0.2, -0.15) is 0 Å². The molecule has 1 saturated heterocycles. The van der Waals surface area contributed by atoms with Crippen LogP contribution in [0.1, 0.15) is 56.4 Å². The molecule has 3 aliphatic rings. The van der Waals surface area contributed by atoms with Crippen LogP contribution in [-0.4, -0.2) is 30.3 Å². The normalized spacial score (nSPS) is 24.0. The van der Waals surface area contributed by atoms with E-state index in [1.165, 1.54) is 6.42 Å². The minimum Gasteiger partial charge on any atom is -0.439 e. The van der Waals surface area contributed by atoms with E-state index in [0.29, 0.717) is 29.2 Å². The Bertz CT molecular complexity index is 900. The molecule has 1 aromatic heterocycles. The fourth-order valence-corrected chi connectivity index (χ4v) is 5.07. The van der Waals surface area contributed by atoms with Crippen LogP contribution in [0.5, 0.6) is 0 Å². The topological polar surface area (TPSA) is 88.4 Å². The molecule has 1 spiro atoms. The third-order valence-corrected chi connectivity index (χ3v) is 6.45. The first-order valence-corrected chi connectivity index (χ1v) is 10.6. The third-order valence-electron chi connectivity index (χ3n) is 6.16. The summed E-state index contributed by atoms with van der Waals surface area (Å²) in [6.07, 6.45) is 7.25. The minimum absolute atomic E-state index is 0.200. The standard InChI is InChI=1S/C20H25ClN4O3/c21-13-9-14-18(28-15(23-14)10-22-12-5-4-8-27-11-12)16-17(13)24-19(26)25-20(16)6-2-1-3-7-20/h9,12,22H,1-8,10-11H2,(H2,24,25,26). The van der Waals surface area contributed by atoms with Gasteiger partial charge in [0.1, 0.15) is 5.52 Å². The Balaban J connectivity index is 1.52. The molecule has 3 heterocycles. The molecule has 2 aromatic rings. The van der Waals surface area contributed by atoms with E-state index in [9.17, 15) is 4.79 Å². The fourth-order valence-electron chi connectivity index (χ4n) is 4.82. The van der Waals surface area contributed by atoms with Crippen molar-refractivity contribution in [3.8, 4) is 0 Å². The molecule has 2 aliphatic heterocycles. The summed E-state index contributed by atoms with van der Waals surface area (Å²) in [5.74, 6) is 0.632. The lowest BCUT2D eigenvalue weighted by molar-refractivity contribution is 0.0692. The van der Waals surface area contributed by atoms with Gasteiger partial charge in [0.25, 0.3) is 0 Å². The predicted molar refractivity (Wildman–Crippen MR) is 107 cm³/mol. The van der Waals surface area contributed by atoms with Crippen molar-refractivity contribution in [2.45, 2.75) is 63.1 Å². The van der Waals surface area contributed by atoms with Gasteiger partial charge in [0.15, 0.2) is 5.58 Å². The molecule has 0 bridgehead atoms. The first-order valence-electron chi connectivity index (χ1n) is 10.2. The Morgan fingerprint density at radius 3 is 2.93 bits per heavy atom. The van der Waals surface area contributed by atoms with E-state index in [-0.39, 0.29) is 6.03 Å². The van der Waals surface area contributed by atoms with E-state index in [4.69, 9.17) is 20.8 Å². The zero-order chi connectivity index (χ0) is 19.1. The molecule has 1 aromatic carbocycles. The Hall–Kier alpha value is -1.83. The van der Waals surface area contributed by atoms with E-state index in [2.05, 4.69) is 20.9 Å². The molecule has 2 amide bonds. The van der Waals surface area contributed by atoms with Crippen LogP contribution in [0.25, 0.3) is 11.1 Å². The van der Waals surface area contributed by atoms with Crippen molar-refractivity contribution in [1.82, 2.24) is 15.6 Å². The lowest BCUT2D eigenvalue weighted by atomic mass is 9.74. The molecule has 7 nitrogen and oxygen atoms in total. The summed E-state index contributed by atoms with van der Waals surface area (Å²) in [6.45, 7) is 2.11. The van der Waals surface area contributed by atoms with Crippen LogP contribution in [0.4, 0.5) is 10.5 Å². The average Bonchev–Trinajstić information content (AvgIpc) is 3.10. The Morgan fingerprint density at radius 2 is 2.14 bits per heavy atom. The van der Waals surface area contributed by atoms with Crippen LogP contribution >= 0.6 is 11.6 Å². The van der Waals surface area contributed by atoms with E-state index in [1.54, 1.807) is 6.07 Å². The molecule has 150 valence electrons. The molecule has 5 rings (SSSR count). The molecule has 1 atom stereocenters. The molecule has 1 saturated carbocycles. The fraction of sp³-hybridized carbons (Fsp3) is 0.600. The van der Waals surface area contributed by atoms with Gasteiger partial charge in [-0.15, -0.1) is 0 Å². The summed E-state index contributed by atoms with van der Waals surface area (Å²) in [7, 11) is 0. The monoisotopic (exact) mass is 404 g/mol. The van der Waals surface area contributed by atoms with Crippen molar-refractivity contribution in [1.29, 1.82) is 0 Å². The SMILES string of the molecule is O=C1Nc2c(Cl)cc3nc(CNC4CCCOC4)oc3c2C2(CCCCC2)N1. The molecule has 1 aliphatic carbocycles. The minimum atomic E-state index is -0.430. The van der Waals surface area contributed by atoms with Gasteiger partial charge in [-0.25, -0.2) is 9.78 Å². The molecule has 28 heavy (non-hydrogen) atoms. The summed E-state index contributed by atoms with van der Waals surface area (Å²) in [4.78, 5) is 17.0. The van der Waals surface area contributed by atoms with Crippen molar-refractivity contribution >= 4 is 34.4 Å². The number of hydrogen-bond acceptors (Lipinski definition) is 5. The lowest BCUT2D eigenvalue weighted by Gasteiger charge is -2.42. The van der Waals surface area contributed by atoms with Crippen LogP contribution in [0, 0.1) is 0 Å². The highest BCUT2D eigenvalue weighted by molar-refractivity contribution is 6.35. The predicted octanol–water partition coefficient (Wildman–Crippen LogP) is 4.04. The van der Waals surface area contributed by atoms with Crippen LogP contribution in [0.2, 0.25) is 5.02 Å². The number of aromatic nitrogens is 1. The quantitative estimate of drug-likeness (QED) is 0.718. The maximum Gasteiger partial charge on any atom is 0.319 e. The number of amides is 2. The number of oxazole rings is 1. The molecular formula is C20H25ClN4O3. The average molecular weight is 405 g/mol. The van der Waals surface area contributed by atoms with E-state index >= 15 is 0 Å². The van der Waals surface area contributed by atoms with Gasteiger partial charge in [0.2, 0.25) is 5.89 Å². The number of halogens is 1. The summed E-state index contributed by atoms with van der Waals surface area (Å²) in [6, 6.07) is 1.91. The first-order chi connectivity index (χ1) is 13.6. The number of fused-ring (bicyclic) bond motifs is 4. The van der Waals surface area contributed by atoms with Crippen LogP contribution in [0.3, 0.4) is 0 Å². The maximum absolute atomic E-state index is 12.3. The summed E-state index contributed by atoms with van der Waals surface area (Å²) < 4.78 is 11.7. The van der Waals surface area contributed by atoms with E-state index in [0.717, 1.165) is 68.4 Å². The number of anilines is 1.